The molecular weight excluding hydrogens is 192 g/mol. The zero-order chi connectivity index (χ0) is 11.1. The maximum Gasteiger partial charge on any atom is 0.218 e. The topological polar surface area (TPSA) is 57.4 Å². The van der Waals surface area contributed by atoms with Crippen LogP contribution < -0.4 is 10.5 Å². The molecular formula is C11H18N2O2. The molecule has 0 radical (unpaired) electrons. The number of ether oxygens (including phenoxy) is 2. The third kappa shape index (κ3) is 3.85. The van der Waals surface area contributed by atoms with Crippen LogP contribution in [0.1, 0.15) is 17.7 Å². The lowest BCUT2D eigenvalue weighted by molar-refractivity contribution is 0.170. The van der Waals surface area contributed by atoms with E-state index < -0.39 is 0 Å². The highest BCUT2D eigenvalue weighted by molar-refractivity contribution is 5.27. The lowest BCUT2D eigenvalue weighted by Crippen LogP contribution is -2.07. The number of rotatable bonds is 6. The SMILES string of the molecule is COCCCOc1nc(C)ccc1CN. The maximum absolute atomic E-state index is 5.59. The van der Waals surface area contributed by atoms with Crippen molar-refractivity contribution in [2.24, 2.45) is 5.73 Å². The molecule has 4 heteroatoms. The summed E-state index contributed by atoms with van der Waals surface area (Å²) in [6.45, 7) is 3.69. The van der Waals surface area contributed by atoms with Gasteiger partial charge < -0.3 is 15.2 Å². The number of aryl methyl sites for hydroxylation is 1. The first-order valence-electron chi connectivity index (χ1n) is 5.06. The predicted octanol–water partition coefficient (Wildman–Crippen LogP) is 1.26. The number of pyridine rings is 1. The summed E-state index contributed by atoms with van der Waals surface area (Å²) in [5.41, 5.74) is 7.47. The summed E-state index contributed by atoms with van der Waals surface area (Å²) >= 11 is 0. The second-order valence-corrected chi connectivity index (χ2v) is 3.32. The van der Waals surface area contributed by atoms with Gasteiger partial charge in [0.15, 0.2) is 0 Å². The zero-order valence-corrected chi connectivity index (χ0v) is 9.32. The van der Waals surface area contributed by atoms with E-state index in [-0.39, 0.29) is 0 Å². The molecule has 1 heterocycles. The molecule has 0 spiro atoms. The molecule has 1 aromatic heterocycles. The third-order valence-electron chi connectivity index (χ3n) is 2.03. The molecule has 0 amide bonds. The van der Waals surface area contributed by atoms with Crippen molar-refractivity contribution in [1.29, 1.82) is 0 Å². The molecule has 1 rings (SSSR count). The number of methoxy groups -OCH3 is 1. The fourth-order valence-corrected chi connectivity index (χ4v) is 1.21. The summed E-state index contributed by atoms with van der Waals surface area (Å²) < 4.78 is 10.5. The number of aromatic nitrogens is 1. The minimum Gasteiger partial charge on any atom is -0.477 e. The van der Waals surface area contributed by atoms with Crippen LogP contribution in [0.3, 0.4) is 0 Å². The van der Waals surface area contributed by atoms with Gasteiger partial charge in [-0.15, -0.1) is 0 Å². The van der Waals surface area contributed by atoms with Crippen molar-refractivity contribution in [3.8, 4) is 5.88 Å². The lowest BCUT2D eigenvalue weighted by atomic mass is 10.2. The van der Waals surface area contributed by atoms with E-state index >= 15 is 0 Å². The maximum atomic E-state index is 5.59. The molecule has 0 unspecified atom stereocenters. The number of hydrogen-bond donors (Lipinski definition) is 1. The minimum absolute atomic E-state index is 0.451. The van der Waals surface area contributed by atoms with E-state index in [2.05, 4.69) is 4.98 Å². The van der Waals surface area contributed by atoms with Crippen LogP contribution in [0.5, 0.6) is 5.88 Å². The summed E-state index contributed by atoms with van der Waals surface area (Å²) in [6, 6.07) is 3.89. The van der Waals surface area contributed by atoms with Crippen LogP contribution in [0.15, 0.2) is 12.1 Å². The largest absolute Gasteiger partial charge is 0.477 e. The summed E-state index contributed by atoms with van der Waals surface area (Å²) in [5, 5.41) is 0. The second kappa shape index (κ2) is 6.37. The Hall–Kier alpha value is -1.13. The highest BCUT2D eigenvalue weighted by Crippen LogP contribution is 2.15. The first-order chi connectivity index (χ1) is 7.27. The van der Waals surface area contributed by atoms with Crippen LogP contribution in [0.4, 0.5) is 0 Å². The Morgan fingerprint density at radius 3 is 2.80 bits per heavy atom. The molecule has 2 N–H and O–H groups in total. The third-order valence-corrected chi connectivity index (χ3v) is 2.03. The van der Waals surface area contributed by atoms with Crippen molar-refractivity contribution in [1.82, 2.24) is 4.98 Å². The van der Waals surface area contributed by atoms with Crippen LogP contribution >= 0.6 is 0 Å². The molecule has 0 atom stereocenters. The molecule has 0 aliphatic rings. The fourth-order valence-electron chi connectivity index (χ4n) is 1.21. The molecule has 0 fully saturated rings. The van der Waals surface area contributed by atoms with Gasteiger partial charge in [0, 0.05) is 37.9 Å². The van der Waals surface area contributed by atoms with Gasteiger partial charge >= 0.3 is 0 Å². The summed E-state index contributed by atoms with van der Waals surface area (Å²) in [6.07, 6.45) is 0.857. The first-order valence-corrected chi connectivity index (χ1v) is 5.06. The Kier molecular flexibility index (Phi) is 5.07. The molecule has 0 aliphatic carbocycles. The predicted molar refractivity (Wildman–Crippen MR) is 58.9 cm³/mol. The van der Waals surface area contributed by atoms with Gasteiger partial charge in [-0.1, -0.05) is 6.07 Å². The summed E-state index contributed by atoms with van der Waals surface area (Å²) in [5.74, 6) is 0.647. The van der Waals surface area contributed by atoms with E-state index in [4.69, 9.17) is 15.2 Å². The van der Waals surface area contributed by atoms with Crippen molar-refractivity contribution < 1.29 is 9.47 Å². The number of nitrogens with two attached hydrogens (primary N) is 1. The average molecular weight is 210 g/mol. The van der Waals surface area contributed by atoms with E-state index in [0.29, 0.717) is 25.6 Å². The number of nitrogens with zero attached hydrogens (tertiary/aromatic N) is 1. The monoisotopic (exact) mass is 210 g/mol. The molecule has 15 heavy (non-hydrogen) atoms. The van der Waals surface area contributed by atoms with Crippen molar-refractivity contribution in [2.75, 3.05) is 20.3 Å². The fraction of sp³-hybridized carbons (Fsp3) is 0.545. The number of hydrogen-bond acceptors (Lipinski definition) is 4. The quantitative estimate of drug-likeness (QED) is 0.718. The normalized spacial score (nSPS) is 10.3. The Labute approximate surface area is 90.4 Å². The average Bonchev–Trinajstić information content (AvgIpc) is 2.25. The van der Waals surface area contributed by atoms with Crippen molar-refractivity contribution in [3.63, 3.8) is 0 Å². The van der Waals surface area contributed by atoms with E-state index in [0.717, 1.165) is 17.7 Å². The smallest absolute Gasteiger partial charge is 0.218 e. The van der Waals surface area contributed by atoms with Gasteiger partial charge in [-0.05, 0) is 13.0 Å². The van der Waals surface area contributed by atoms with Crippen LogP contribution in [0.25, 0.3) is 0 Å². The Morgan fingerprint density at radius 2 is 2.13 bits per heavy atom. The van der Waals surface area contributed by atoms with Crippen LogP contribution in [0, 0.1) is 6.92 Å². The lowest BCUT2D eigenvalue weighted by Gasteiger charge is -2.09. The molecule has 84 valence electrons. The van der Waals surface area contributed by atoms with E-state index in [9.17, 15) is 0 Å². The van der Waals surface area contributed by atoms with Crippen LogP contribution in [0.2, 0.25) is 0 Å². The highest BCUT2D eigenvalue weighted by Gasteiger charge is 2.03. The van der Waals surface area contributed by atoms with Gasteiger partial charge in [-0.25, -0.2) is 4.98 Å². The van der Waals surface area contributed by atoms with Gasteiger partial charge in [0.2, 0.25) is 5.88 Å². The molecule has 0 aliphatic heterocycles. The van der Waals surface area contributed by atoms with E-state index in [1.807, 2.05) is 19.1 Å². The van der Waals surface area contributed by atoms with Gasteiger partial charge in [-0.2, -0.15) is 0 Å². The van der Waals surface area contributed by atoms with Gasteiger partial charge in [0.1, 0.15) is 0 Å². The molecule has 0 saturated carbocycles. The van der Waals surface area contributed by atoms with Gasteiger partial charge in [0.05, 0.1) is 6.61 Å². The van der Waals surface area contributed by atoms with Crippen molar-refractivity contribution in [2.45, 2.75) is 19.9 Å². The molecule has 0 saturated heterocycles. The summed E-state index contributed by atoms with van der Waals surface area (Å²) in [7, 11) is 1.68. The Balaban J connectivity index is 2.54. The molecule has 4 nitrogen and oxygen atoms in total. The van der Waals surface area contributed by atoms with E-state index in [1.54, 1.807) is 7.11 Å². The zero-order valence-electron chi connectivity index (χ0n) is 9.32. The highest BCUT2D eigenvalue weighted by atomic mass is 16.5. The van der Waals surface area contributed by atoms with Crippen LogP contribution in [-0.4, -0.2) is 25.3 Å². The standard InChI is InChI=1S/C11H18N2O2/c1-9-4-5-10(8-12)11(13-9)15-7-3-6-14-2/h4-5H,3,6-8,12H2,1-2H3. The van der Waals surface area contributed by atoms with Crippen molar-refractivity contribution >= 4 is 0 Å². The van der Waals surface area contributed by atoms with E-state index in [1.165, 1.54) is 0 Å². The molecule has 0 bridgehead atoms. The van der Waals surface area contributed by atoms with Gasteiger partial charge in [-0.3, -0.25) is 0 Å². The summed E-state index contributed by atoms with van der Waals surface area (Å²) in [4.78, 5) is 4.30. The first kappa shape index (κ1) is 11.9. The van der Waals surface area contributed by atoms with Gasteiger partial charge in [0.25, 0.3) is 0 Å². The Bertz CT molecular complexity index is 303. The Morgan fingerprint density at radius 1 is 1.33 bits per heavy atom. The molecule has 0 aromatic carbocycles. The molecule has 1 aromatic rings. The van der Waals surface area contributed by atoms with Crippen LogP contribution in [-0.2, 0) is 11.3 Å². The minimum atomic E-state index is 0.451. The van der Waals surface area contributed by atoms with Crippen molar-refractivity contribution in [3.05, 3.63) is 23.4 Å². The second-order valence-electron chi connectivity index (χ2n) is 3.32.